The maximum Gasteiger partial charge on any atom is 0.256 e. The van der Waals surface area contributed by atoms with Crippen molar-refractivity contribution in [2.24, 2.45) is 5.84 Å². The van der Waals surface area contributed by atoms with Crippen LogP contribution in [0.25, 0.3) is 0 Å². The number of methoxy groups -OCH3 is 1. The lowest BCUT2D eigenvalue weighted by molar-refractivity contribution is 0.102. The molecule has 0 fully saturated rings. The number of anilines is 2. The van der Waals surface area contributed by atoms with Crippen LogP contribution in [0.5, 0.6) is 5.75 Å². The molecular formula is C15H16FN3O2. The molecule has 0 saturated carbocycles. The number of nitrogens with two attached hydrogens (primary N) is 1. The van der Waals surface area contributed by atoms with E-state index in [2.05, 4.69) is 10.7 Å². The lowest BCUT2D eigenvalue weighted by atomic mass is 10.1. The van der Waals surface area contributed by atoms with Crippen molar-refractivity contribution in [3.05, 3.63) is 53.3 Å². The number of nitrogens with one attached hydrogen (secondary N) is 2. The molecule has 0 aliphatic heterocycles. The molecule has 21 heavy (non-hydrogen) atoms. The Morgan fingerprint density at radius 3 is 2.62 bits per heavy atom. The molecule has 1 amide bonds. The van der Waals surface area contributed by atoms with Crippen LogP contribution in [-0.2, 0) is 0 Å². The number of nitrogen functional groups attached to an aromatic ring is 1. The molecule has 0 aromatic heterocycles. The molecule has 6 heteroatoms. The van der Waals surface area contributed by atoms with Crippen molar-refractivity contribution in [1.82, 2.24) is 0 Å². The lowest BCUT2D eigenvalue weighted by Gasteiger charge is -2.12. The average molecular weight is 289 g/mol. The fourth-order valence-electron chi connectivity index (χ4n) is 1.97. The zero-order valence-electron chi connectivity index (χ0n) is 11.7. The summed E-state index contributed by atoms with van der Waals surface area (Å²) < 4.78 is 18.2. The van der Waals surface area contributed by atoms with E-state index in [4.69, 9.17) is 10.6 Å². The summed E-state index contributed by atoms with van der Waals surface area (Å²) in [5.74, 6) is 4.85. The zero-order chi connectivity index (χ0) is 15.4. The molecule has 0 bridgehead atoms. The largest absolute Gasteiger partial charge is 0.494 e. The van der Waals surface area contributed by atoms with Crippen molar-refractivity contribution >= 4 is 17.3 Å². The topological polar surface area (TPSA) is 76.4 Å². The van der Waals surface area contributed by atoms with E-state index in [9.17, 15) is 9.18 Å². The Hall–Kier alpha value is -2.60. The van der Waals surface area contributed by atoms with E-state index >= 15 is 0 Å². The second kappa shape index (κ2) is 6.23. The number of ether oxygens (including phenoxy) is 1. The maximum atomic E-state index is 13.1. The minimum Gasteiger partial charge on any atom is -0.494 e. The Morgan fingerprint density at radius 2 is 2.00 bits per heavy atom. The number of hydrazine groups is 1. The summed E-state index contributed by atoms with van der Waals surface area (Å²) in [5.41, 5.74) is 4.90. The number of rotatable bonds is 4. The summed E-state index contributed by atoms with van der Waals surface area (Å²) in [6.45, 7) is 1.80. The lowest BCUT2D eigenvalue weighted by Crippen LogP contribution is -2.15. The molecule has 0 saturated heterocycles. The number of halogens is 1. The summed E-state index contributed by atoms with van der Waals surface area (Å²) in [5, 5.41) is 2.70. The molecule has 0 unspecified atom stereocenters. The van der Waals surface area contributed by atoms with Gasteiger partial charge in [0.2, 0.25) is 0 Å². The van der Waals surface area contributed by atoms with E-state index in [0.29, 0.717) is 16.9 Å². The third-order valence-corrected chi connectivity index (χ3v) is 3.05. The van der Waals surface area contributed by atoms with Crippen LogP contribution in [0.2, 0.25) is 0 Å². The van der Waals surface area contributed by atoms with E-state index in [1.807, 2.05) is 0 Å². The van der Waals surface area contributed by atoms with Gasteiger partial charge in [0.05, 0.1) is 12.8 Å². The van der Waals surface area contributed by atoms with Crippen LogP contribution in [0.3, 0.4) is 0 Å². The molecular weight excluding hydrogens is 273 g/mol. The van der Waals surface area contributed by atoms with Gasteiger partial charge in [0.15, 0.2) is 0 Å². The number of hydrogen-bond acceptors (Lipinski definition) is 4. The summed E-state index contributed by atoms with van der Waals surface area (Å²) in [7, 11) is 1.41. The van der Waals surface area contributed by atoms with Gasteiger partial charge in [0.1, 0.15) is 11.6 Å². The Kier molecular flexibility index (Phi) is 4.39. The Morgan fingerprint density at radius 1 is 1.24 bits per heavy atom. The summed E-state index contributed by atoms with van der Waals surface area (Å²) in [6.07, 6.45) is 0. The Balaban J connectivity index is 2.26. The Labute approximate surface area is 121 Å². The molecule has 5 nitrogen and oxygen atoms in total. The number of amides is 1. The normalized spacial score (nSPS) is 10.1. The number of benzene rings is 2. The number of carbonyl (C=O) groups is 1. The first-order valence-corrected chi connectivity index (χ1v) is 6.27. The highest BCUT2D eigenvalue weighted by molar-refractivity contribution is 6.06. The minimum atomic E-state index is -0.431. The molecule has 0 heterocycles. The van der Waals surface area contributed by atoms with Gasteiger partial charge in [0.25, 0.3) is 5.91 Å². The van der Waals surface area contributed by atoms with Gasteiger partial charge >= 0.3 is 0 Å². The third kappa shape index (κ3) is 3.29. The molecule has 2 aromatic rings. The summed E-state index contributed by atoms with van der Waals surface area (Å²) in [6, 6.07) is 9.05. The molecule has 0 aliphatic rings. The number of hydrogen-bond donors (Lipinski definition) is 3. The first-order valence-electron chi connectivity index (χ1n) is 6.27. The number of carbonyl (C=O) groups excluding carboxylic acids is 1. The SMILES string of the molecule is COc1cc(F)ccc1NC(=O)c1ccc(NN)cc1C. The van der Waals surface area contributed by atoms with Crippen molar-refractivity contribution in [2.75, 3.05) is 17.9 Å². The Bertz CT molecular complexity index is 674. The summed E-state index contributed by atoms with van der Waals surface area (Å²) >= 11 is 0. The van der Waals surface area contributed by atoms with Crippen molar-refractivity contribution < 1.29 is 13.9 Å². The van der Waals surface area contributed by atoms with Gasteiger partial charge in [-0.2, -0.15) is 0 Å². The van der Waals surface area contributed by atoms with Gasteiger partial charge in [-0.15, -0.1) is 0 Å². The van der Waals surface area contributed by atoms with Gasteiger partial charge in [-0.25, -0.2) is 4.39 Å². The van der Waals surface area contributed by atoms with E-state index in [-0.39, 0.29) is 11.7 Å². The molecule has 0 spiro atoms. The smallest absolute Gasteiger partial charge is 0.256 e. The highest BCUT2D eigenvalue weighted by Crippen LogP contribution is 2.26. The van der Waals surface area contributed by atoms with Crippen LogP contribution in [-0.4, -0.2) is 13.0 Å². The van der Waals surface area contributed by atoms with Crippen LogP contribution in [0.1, 0.15) is 15.9 Å². The first kappa shape index (κ1) is 14.8. The second-order valence-corrected chi connectivity index (χ2v) is 4.47. The van der Waals surface area contributed by atoms with E-state index in [0.717, 1.165) is 5.56 Å². The van der Waals surface area contributed by atoms with Crippen LogP contribution in [0.4, 0.5) is 15.8 Å². The molecule has 0 aliphatic carbocycles. The van der Waals surface area contributed by atoms with Crippen LogP contribution in [0, 0.1) is 12.7 Å². The third-order valence-electron chi connectivity index (χ3n) is 3.05. The quantitative estimate of drug-likeness (QED) is 0.597. The van der Waals surface area contributed by atoms with E-state index in [1.165, 1.54) is 25.3 Å². The molecule has 2 rings (SSSR count). The molecule has 0 radical (unpaired) electrons. The van der Waals surface area contributed by atoms with Crippen molar-refractivity contribution in [3.63, 3.8) is 0 Å². The maximum absolute atomic E-state index is 13.1. The average Bonchev–Trinajstić information content (AvgIpc) is 2.48. The van der Waals surface area contributed by atoms with Crippen LogP contribution >= 0.6 is 0 Å². The predicted molar refractivity (Wildman–Crippen MR) is 79.9 cm³/mol. The van der Waals surface area contributed by atoms with Gasteiger partial charge < -0.3 is 15.5 Å². The monoisotopic (exact) mass is 289 g/mol. The zero-order valence-corrected chi connectivity index (χ0v) is 11.7. The highest BCUT2D eigenvalue weighted by atomic mass is 19.1. The van der Waals surface area contributed by atoms with Gasteiger partial charge in [-0.3, -0.25) is 10.6 Å². The predicted octanol–water partition coefficient (Wildman–Crippen LogP) is 2.68. The summed E-state index contributed by atoms with van der Waals surface area (Å²) in [4.78, 5) is 12.3. The van der Waals surface area contributed by atoms with Crippen molar-refractivity contribution in [2.45, 2.75) is 6.92 Å². The molecule has 110 valence electrons. The van der Waals surface area contributed by atoms with Crippen LogP contribution < -0.4 is 21.3 Å². The standard InChI is InChI=1S/C15H16FN3O2/c1-9-7-11(19-17)4-5-12(9)15(20)18-13-6-3-10(16)8-14(13)21-2/h3-8,19H,17H2,1-2H3,(H,18,20). The van der Waals surface area contributed by atoms with Crippen molar-refractivity contribution in [3.8, 4) is 5.75 Å². The van der Waals surface area contributed by atoms with Crippen molar-refractivity contribution in [1.29, 1.82) is 0 Å². The van der Waals surface area contributed by atoms with Crippen LogP contribution in [0.15, 0.2) is 36.4 Å². The van der Waals surface area contributed by atoms with Gasteiger partial charge in [-0.05, 0) is 42.8 Å². The fraction of sp³-hybridized carbons (Fsp3) is 0.133. The molecule has 0 atom stereocenters. The second-order valence-electron chi connectivity index (χ2n) is 4.47. The van der Waals surface area contributed by atoms with Gasteiger partial charge in [-0.1, -0.05) is 0 Å². The fourth-order valence-corrected chi connectivity index (χ4v) is 1.97. The number of aryl methyl sites for hydroxylation is 1. The van der Waals surface area contributed by atoms with E-state index < -0.39 is 5.82 Å². The van der Waals surface area contributed by atoms with E-state index in [1.54, 1.807) is 25.1 Å². The minimum absolute atomic E-state index is 0.265. The highest BCUT2D eigenvalue weighted by Gasteiger charge is 2.12. The first-order chi connectivity index (χ1) is 10.0. The molecule has 4 N–H and O–H groups in total. The molecule has 2 aromatic carbocycles. The van der Waals surface area contributed by atoms with Gasteiger partial charge in [0, 0.05) is 17.3 Å².